The van der Waals surface area contributed by atoms with Crippen molar-refractivity contribution >= 4 is 0 Å². The Morgan fingerprint density at radius 2 is 2.15 bits per heavy atom. The van der Waals surface area contributed by atoms with Gasteiger partial charge in [-0.3, -0.25) is 4.90 Å². The van der Waals surface area contributed by atoms with E-state index in [-0.39, 0.29) is 0 Å². The van der Waals surface area contributed by atoms with Gasteiger partial charge in [0.1, 0.15) is 0 Å². The van der Waals surface area contributed by atoms with E-state index in [9.17, 15) is 0 Å². The Balaban J connectivity index is 2.00. The van der Waals surface area contributed by atoms with Gasteiger partial charge in [0, 0.05) is 12.6 Å². The van der Waals surface area contributed by atoms with Crippen molar-refractivity contribution in [2.24, 2.45) is 0 Å². The summed E-state index contributed by atoms with van der Waals surface area (Å²) in [5, 5.41) is 12.2. The zero-order valence-electron chi connectivity index (χ0n) is 8.63. The van der Waals surface area contributed by atoms with Gasteiger partial charge < -0.3 is 10.4 Å². The first-order chi connectivity index (χ1) is 6.38. The molecular formula is C10H22N2O. The molecule has 78 valence electrons. The van der Waals surface area contributed by atoms with Crippen LogP contribution in [0.25, 0.3) is 0 Å². The molecule has 0 aromatic rings. The van der Waals surface area contributed by atoms with E-state index in [0.717, 1.165) is 32.2 Å². The summed E-state index contributed by atoms with van der Waals surface area (Å²) in [5.41, 5.74) is 0. The third-order valence-electron chi connectivity index (χ3n) is 2.50. The Morgan fingerprint density at radius 3 is 2.69 bits per heavy atom. The van der Waals surface area contributed by atoms with Gasteiger partial charge in [-0.25, -0.2) is 0 Å². The van der Waals surface area contributed by atoms with Crippen LogP contribution in [-0.4, -0.2) is 48.8 Å². The van der Waals surface area contributed by atoms with Gasteiger partial charge in [-0.2, -0.15) is 0 Å². The van der Waals surface area contributed by atoms with Crippen LogP contribution in [0.2, 0.25) is 0 Å². The van der Waals surface area contributed by atoms with E-state index in [4.69, 9.17) is 5.11 Å². The average molecular weight is 186 g/mol. The Hall–Kier alpha value is -0.120. The van der Waals surface area contributed by atoms with Crippen molar-refractivity contribution in [1.82, 2.24) is 10.2 Å². The highest BCUT2D eigenvalue weighted by atomic mass is 16.3. The van der Waals surface area contributed by atoms with Crippen molar-refractivity contribution in [3.8, 4) is 0 Å². The molecule has 3 heteroatoms. The van der Waals surface area contributed by atoms with Crippen molar-refractivity contribution < 1.29 is 5.11 Å². The molecule has 3 nitrogen and oxygen atoms in total. The second-order valence-corrected chi connectivity index (χ2v) is 3.70. The summed E-state index contributed by atoms with van der Waals surface area (Å²) < 4.78 is 0. The second-order valence-electron chi connectivity index (χ2n) is 3.70. The number of nitrogens with zero attached hydrogens (tertiary/aromatic N) is 1. The molecule has 2 N–H and O–H groups in total. The van der Waals surface area contributed by atoms with E-state index in [1.165, 1.54) is 19.3 Å². The fourth-order valence-electron chi connectivity index (χ4n) is 1.63. The molecule has 1 rings (SSSR count). The van der Waals surface area contributed by atoms with Crippen LogP contribution in [0.3, 0.4) is 0 Å². The minimum absolute atomic E-state index is 0.303. The van der Waals surface area contributed by atoms with Crippen LogP contribution in [0, 0.1) is 0 Å². The first-order valence-corrected chi connectivity index (χ1v) is 5.44. The van der Waals surface area contributed by atoms with Crippen LogP contribution >= 0.6 is 0 Å². The zero-order valence-corrected chi connectivity index (χ0v) is 8.63. The number of nitrogens with one attached hydrogen (secondary N) is 1. The van der Waals surface area contributed by atoms with E-state index in [2.05, 4.69) is 17.1 Å². The van der Waals surface area contributed by atoms with Crippen LogP contribution in [0.15, 0.2) is 0 Å². The maximum absolute atomic E-state index is 8.86. The Kier molecular flexibility index (Phi) is 5.35. The molecule has 1 saturated carbocycles. The molecule has 0 aromatic heterocycles. The molecule has 0 amide bonds. The van der Waals surface area contributed by atoms with Gasteiger partial charge in [-0.15, -0.1) is 0 Å². The summed E-state index contributed by atoms with van der Waals surface area (Å²) in [7, 11) is 0. The van der Waals surface area contributed by atoms with E-state index in [1.54, 1.807) is 0 Å². The summed E-state index contributed by atoms with van der Waals surface area (Å²) in [6, 6.07) is 0.786. The highest BCUT2D eigenvalue weighted by Crippen LogP contribution is 2.26. The Bertz CT molecular complexity index is 126. The molecule has 1 aliphatic rings. The normalized spacial score (nSPS) is 16.8. The number of hydrogen-bond donors (Lipinski definition) is 2. The highest BCUT2D eigenvalue weighted by Gasteiger charge is 2.27. The summed E-state index contributed by atoms with van der Waals surface area (Å²) >= 11 is 0. The van der Waals surface area contributed by atoms with Crippen molar-refractivity contribution in [1.29, 1.82) is 0 Å². The monoisotopic (exact) mass is 186 g/mol. The smallest absolute Gasteiger partial charge is 0.0558 e. The van der Waals surface area contributed by atoms with Crippen molar-refractivity contribution in [3.05, 3.63) is 0 Å². The maximum atomic E-state index is 8.86. The molecule has 0 spiro atoms. The lowest BCUT2D eigenvalue weighted by Crippen LogP contribution is -2.32. The number of aliphatic hydroxyl groups excluding tert-OH is 1. The standard InChI is InChI=1S/C10H22N2O/c1-2-11-6-3-7-12(8-9-13)10-4-5-10/h10-11,13H,2-9H2,1H3. The van der Waals surface area contributed by atoms with Gasteiger partial charge in [0.25, 0.3) is 0 Å². The summed E-state index contributed by atoms with van der Waals surface area (Å²) in [6.45, 7) is 6.59. The van der Waals surface area contributed by atoms with Crippen LogP contribution in [0.4, 0.5) is 0 Å². The van der Waals surface area contributed by atoms with E-state index in [1.807, 2.05) is 0 Å². The molecule has 0 aromatic carbocycles. The molecule has 1 aliphatic carbocycles. The quantitative estimate of drug-likeness (QED) is 0.540. The molecular weight excluding hydrogens is 164 g/mol. The molecule has 0 atom stereocenters. The molecule has 0 aliphatic heterocycles. The van der Waals surface area contributed by atoms with E-state index in [0.29, 0.717) is 6.61 Å². The first-order valence-electron chi connectivity index (χ1n) is 5.44. The van der Waals surface area contributed by atoms with Crippen LogP contribution < -0.4 is 5.32 Å². The largest absolute Gasteiger partial charge is 0.395 e. The van der Waals surface area contributed by atoms with Gasteiger partial charge in [-0.05, 0) is 38.9 Å². The van der Waals surface area contributed by atoms with Crippen molar-refractivity contribution in [2.45, 2.75) is 32.2 Å². The number of rotatable bonds is 8. The van der Waals surface area contributed by atoms with Gasteiger partial charge >= 0.3 is 0 Å². The predicted octanol–water partition coefficient (Wildman–Crippen LogP) is 0.443. The van der Waals surface area contributed by atoms with Crippen LogP contribution in [0.5, 0.6) is 0 Å². The van der Waals surface area contributed by atoms with Crippen molar-refractivity contribution in [3.63, 3.8) is 0 Å². The predicted molar refractivity (Wildman–Crippen MR) is 54.8 cm³/mol. The third kappa shape index (κ3) is 4.60. The topological polar surface area (TPSA) is 35.5 Å². The minimum Gasteiger partial charge on any atom is -0.395 e. The van der Waals surface area contributed by atoms with E-state index >= 15 is 0 Å². The van der Waals surface area contributed by atoms with Crippen LogP contribution in [0.1, 0.15) is 26.2 Å². The summed E-state index contributed by atoms with van der Waals surface area (Å²) in [4.78, 5) is 2.41. The van der Waals surface area contributed by atoms with Gasteiger partial charge in [0.05, 0.1) is 6.61 Å². The minimum atomic E-state index is 0.303. The molecule has 0 unspecified atom stereocenters. The zero-order chi connectivity index (χ0) is 9.52. The Labute approximate surface area is 81.1 Å². The Morgan fingerprint density at radius 1 is 1.38 bits per heavy atom. The third-order valence-corrected chi connectivity index (χ3v) is 2.50. The molecule has 0 saturated heterocycles. The van der Waals surface area contributed by atoms with Gasteiger partial charge in [0.2, 0.25) is 0 Å². The van der Waals surface area contributed by atoms with Crippen molar-refractivity contribution in [2.75, 3.05) is 32.8 Å². The summed E-state index contributed by atoms with van der Waals surface area (Å²) in [6.07, 6.45) is 3.87. The van der Waals surface area contributed by atoms with Gasteiger partial charge in [-0.1, -0.05) is 6.92 Å². The highest BCUT2D eigenvalue weighted by molar-refractivity contribution is 4.84. The van der Waals surface area contributed by atoms with Crippen LogP contribution in [-0.2, 0) is 0 Å². The number of aliphatic hydroxyl groups is 1. The lowest BCUT2D eigenvalue weighted by Gasteiger charge is -2.20. The molecule has 1 fully saturated rings. The fraction of sp³-hybridized carbons (Fsp3) is 1.00. The second kappa shape index (κ2) is 6.35. The molecule has 13 heavy (non-hydrogen) atoms. The summed E-state index contributed by atoms with van der Waals surface area (Å²) in [5.74, 6) is 0. The first kappa shape index (κ1) is 11.0. The molecule has 0 radical (unpaired) electrons. The van der Waals surface area contributed by atoms with E-state index < -0.39 is 0 Å². The molecule has 0 heterocycles. The van der Waals surface area contributed by atoms with Gasteiger partial charge in [0.15, 0.2) is 0 Å². The average Bonchev–Trinajstić information content (AvgIpc) is 2.93. The SMILES string of the molecule is CCNCCCN(CCO)C1CC1. The lowest BCUT2D eigenvalue weighted by atomic mass is 10.3. The maximum Gasteiger partial charge on any atom is 0.0558 e. The number of hydrogen-bond acceptors (Lipinski definition) is 3. The lowest BCUT2D eigenvalue weighted by molar-refractivity contribution is 0.187. The fourth-order valence-corrected chi connectivity index (χ4v) is 1.63. The molecule has 0 bridgehead atoms.